The number of methoxy groups -OCH3 is 3. The number of carbonyl (C=O) groups excluding carboxylic acids is 1. The van der Waals surface area contributed by atoms with Gasteiger partial charge < -0.3 is 14.2 Å². The first-order valence-corrected chi connectivity index (χ1v) is 8.91. The summed E-state index contributed by atoms with van der Waals surface area (Å²) in [7, 11) is 4.47. The molecule has 0 saturated carbocycles. The van der Waals surface area contributed by atoms with E-state index in [9.17, 15) is 18.0 Å². The maximum absolute atomic E-state index is 12.9. The lowest BCUT2D eigenvalue weighted by molar-refractivity contribution is -0.144. The average molecular weight is 422 g/mol. The standard InChI is InChI=1S/C19H17F3N4O4/c1-28-14-6-10(7-15(29-2)16(14)30-3)9-4-12-11(13(27)5-9)8-26-18(23-12)24-17(25-26)19(20,21)22/h6-9H,4-5H2,1-3H3/t9-/m0/s1. The van der Waals surface area contributed by atoms with Gasteiger partial charge in [-0.15, -0.1) is 5.10 Å². The zero-order valence-electron chi connectivity index (χ0n) is 16.3. The van der Waals surface area contributed by atoms with E-state index in [4.69, 9.17) is 14.2 Å². The van der Waals surface area contributed by atoms with Crippen molar-refractivity contribution in [3.8, 4) is 17.2 Å². The maximum Gasteiger partial charge on any atom is 0.453 e. The number of ether oxygens (including phenoxy) is 3. The van der Waals surface area contributed by atoms with Crippen molar-refractivity contribution in [2.75, 3.05) is 21.3 Å². The number of rotatable bonds is 4. The third-order valence-electron chi connectivity index (χ3n) is 4.99. The molecule has 3 aromatic rings. The highest BCUT2D eigenvalue weighted by Gasteiger charge is 2.37. The molecule has 0 aliphatic heterocycles. The third kappa shape index (κ3) is 3.29. The lowest BCUT2D eigenvalue weighted by atomic mass is 9.82. The average Bonchev–Trinajstić information content (AvgIpc) is 3.14. The van der Waals surface area contributed by atoms with Crippen LogP contribution in [0.15, 0.2) is 18.3 Å². The minimum Gasteiger partial charge on any atom is -0.493 e. The van der Waals surface area contributed by atoms with Crippen molar-refractivity contribution in [2.45, 2.75) is 24.9 Å². The first kappa shape index (κ1) is 19.9. The Balaban J connectivity index is 1.75. The van der Waals surface area contributed by atoms with E-state index in [0.29, 0.717) is 29.4 Å². The maximum atomic E-state index is 12.9. The second-order valence-electron chi connectivity index (χ2n) is 6.77. The number of aromatic nitrogens is 4. The summed E-state index contributed by atoms with van der Waals surface area (Å²) in [5, 5.41) is 3.39. The van der Waals surface area contributed by atoms with Gasteiger partial charge in [-0.3, -0.25) is 4.79 Å². The Labute approximate surface area is 168 Å². The number of fused-ring (bicyclic) bond motifs is 2. The SMILES string of the molecule is COc1cc([C@@H]2CC(=O)c3cn4nc(C(F)(F)F)nc4nc3C2)cc(OC)c1OC. The Morgan fingerprint density at radius 1 is 1.03 bits per heavy atom. The minimum atomic E-state index is -4.70. The summed E-state index contributed by atoms with van der Waals surface area (Å²) < 4.78 is 55.6. The molecule has 1 aromatic carbocycles. The van der Waals surface area contributed by atoms with Crippen LogP contribution in [-0.2, 0) is 12.6 Å². The highest BCUT2D eigenvalue weighted by atomic mass is 19.4. The zero-order chi connectivity index (χ0) is 21.6. The molecule has 0 unspecified atom stereocenters. The third-order valence-corrected chi connectivity index (χ3v) is 4.99. The molecular weight excluding hydrogens is 405 g/mol. The number of hydrogen-bond donors (Lipinski definition) is 0. The Bertz CT molecular complexity index is 1120. The molecule has 0 radical (unpaired) electrons. The highest BCUT2D eigenvalue weighted by molar-refractivity contribution is 5.98. The van der Waals surface area contributed by atoms with Gasteiger partial charge in [0.2, 0.25) is 5.75 Å². The van der Waals surface area contributed by atoms with E-state index in [1.807, 2.05) is 0 Å². The molecule has 1 aliphatic rings. The number of nitrogens with zero attached hydrogens (tertiary/aromatic N) is 4. The van der Waals surface area contributed by atoms with Gasteiger partial charge in [-0.25, -0.2) is 9.50 Å². The molecule has 0 N–H and O–H groups in total. The van der Waals surface area contributed by atoms with Crippen molar-refractivity contribution >= 4 is 11.6 Å². The van der Waals surface area contributed by atoms with Crippen LogP contribution in [0.1, 0.15) is 39.8 Å². The number of carbonyl (C=O) groups is 1. The van der Waals surface area contributed by atoms with Gasteiger partial charge in [0.15, 0.2) is 17.3 Å². The molecule has 0 bridgehead atoms. The Morgan fingerprint density at radius 2 is 1.70 bits per heavy atom. The van der Waals surface area contributed by atoms with Crippen LogP contribution >= 0.6 is 0 Å². The molecule has 1 aliphatic carbocycles. The van der Waals surface area contributed by atoms with Crippen LogP contribution in [0.2, 0.25) is 0 Å². The molecule has 11 heteroatoms. The van der Waals surface area contributed by atoms with Crippen LogP contribution in [0.5, 0.6) is 17.2 Å². The first-order chi connectivity index (χ1) is 14.2. The fraction of sp³-hybridized carbons (Fsp3) is 0.368. The Hall–Kier alpha value is -3.37. The van der Waals surface area contributed by atoms with Gasteiger partial charge in [-0.05, 0) is 30.0 Å². The van der Waals surface area contributed by atoms with Gasteiger partial charge in [0.05, 0.1) is 32.6 Å². The number of benzene rings is 1. The molecule has 0 saturated heterocycles. The molecule has 0 spiro atoms. The second kappa shape index (κ2) is 7.15. The monoisotopic (exact) mass is 422 g/mol. The van der Waals surface area contributed by atoms with Gasteiger partial charge in [0, 0.05) is 12.6 Å². The Kier molecular flexibility index (Phi) is 4.75. The summed E-state index contributed by atoms with van der Waals surface area (Å²) in [5.41, 5.74) is 1.38. The molecule has 4 rings (SSSR count). The molecule has 0 fully saturated rings. The fourth-order valence-electron chi connectivity index (χ4n) is 3.58. The van der Waals surface area contributed by atoms with E-state index in [0.717, 1.165) is 10.1 Å². The topological polar surface area (TPSA) is 87.8 Å². The van der Waals surface area contributed by atoms with Crippen molar-refractivity contribution in [3.05, 3.63) is 41.0 Å². The van der Waals surface area contributed by atoms with Crippen LogP contribution in [0.3, 0.4) is 0 Å². The van der Waals surface area contributed by atoms with Crippen molar-refractivity contribution in [1.82, 2.24) is 19.6 Å². The van der Waals surface area contributed by atoms with Crippen molar-refractivity contribution < 1.29 is 32.2 Å². The van der Waals surface area contributed by atoms with Crippen LogP contribution in [0.4, 0.5) is 13.2 Å². The fourth-order valence-corrected chi connectivity index (χ4v) is 3.58. The van der Waals surface area contributed by atoms with Crippen LogP contribution in [0.25, 0.3) is 5.78 Å². The smallest absolute Gasteiger partial charge is 0.453 e. The molecule has 0 amide bonds. The molecule has 1 atom stereocenters. The first-order valence-electron chi connectivity index (χ1n) is 8.91. The molecular formula is C19H17F3N4O4. The van der Waals surface area contributed by atoms with Crippen molar-refractivity contribution in [3.63, 3.8) is 0 Å². The quantitative estimate of drug-likeness (QED) is 0.639. The summed E-state index contributed by atoms with van der Waals surface area (Å²) in [4.78, 5) is 20.4. The normalized spacial score (nSPS) is 16.5. The summed E-state index contributed by atoms with van der Waals surface area (Å²) in [6, 6.07) is 3.50. The van der Waals surface area contributed by atoms with Gasteiger partial charge >= 0.3 is 6.18 Å². The molecule has 2 aromatic heterocycles. The summed E-state index contributed by atoms with van der Waals surface area (Å²) in [6.45, 7) is 0. The number of hydrogen-bond acceptors (Lipinski definition) is 7. The van der Waals surface area contributed by atoms with Crippen LogP contribution in [0, 0.1) is 0 Å². The van der Waals surface area contributed by atoms with Gasteiger partial charge in [0.1, 0.15) is 0 Å². The minimum absolute atomic E-state index is 0.152. The number of ketones is 1. The van der Waals surface area contributed by atoms with Gasteiger partial charge in [0.25, 0.3) is 11.6 Å². The molecule has 158 valence electrons. The second-order valence-corrected chi connectivity index (χ2v) is 6.77. The van der Waals surface area contributed by atoms with E-state index in [2.05, 4.69) is 15.1 Å². The van der Waals surface area contributed by atoms with E-state index in [1.165, 1.54) is 27.5 Å². The van der Waals surface area contributed by atoms with Gasteiger partial charge in [-0.1, -0.05) is 0 Å². The zero-order valence-corrected chi connectivity index (χ0v) is 16.3. The van der Waals surface area contributed by atoms with E-state index >= 15 is 0 Å². The van der Waals surface area contributed by atoms with Crippen molar-refractivity contribution in [1.29, 1.82) is 0 Å². The molecule has 2 heterocycles. The predicted molar refractivity (Wildman–Crippen MR) is 97.3 cm³/mol. The number of halogens is 3. The number of Topliss-reactive ketones (excluding diaryl/α,β-unsaturated/α-hetero) is 1. The Morgan fingerprint density at radius 3 is 2.27 bits per heavy atom. The van der Waals surface area contributed by atoms with Crippen LogP contribution in [-0.4, -0.2) is 46.7 Å². The molecule has 30 heavy (non-hydrogen) atoms. The largest absolute Gasteiger partial charge is 0.493 e. The summed E-state index contributed by atoms with van der Waals surface area (Å²) >= 11 is 0. The lowest BCUT2D eigenvalue weighted by Gasteiger charge is -2.24. The predicted octanol–water partition coefficient (Wildman–Crippen LogP) is 3.08. The number of alkyl halides is 3. The van der Waals surface area contributed by atoms with Crippen LogP contribution < -0.4 is 14.2 Å². The van der Waals surface area contributed by atoms with Gasteiger partial charge in [-0.2, -0.15) is 18.2 Å². The lowest BCUT2D eigenvalue weighted by Crippen LogP contribution is -2.21. The summed E-state index contributed by atoms with van der Waals surface area (Å²) in [5.74, 6) is -0.701. The molecule has 8 nitrogen and oxygen atoms in total. The van der Waals surface area contributed by atoms with E-state index in [1.54, 1.807) is 12.1 Å². The van der Waals surface area contributed by atoms with E-state index in [-0.39, 0.29) is 29.5 Å². The van der Waals surface area contributed by atoms with Crippen molar-refractivity contribution in [2.24, 2.45) is 0 Å². The summed E-state index contributed by atoms with van der Waals surface area (Å²) in [6.07, 6.45) is -2.95. The van der Waals surface area contributed by atoms with E-state index < -0.39 is 12.0 Å². The highest BCUT2D eigenvalue weighted by Crippen LogP contribution is 2.42.